The summed E-state index contributed by atoms with van der Waals surface area (Å²) in [7, 11) is 0. The van der Waals surface area contributed by atoms with E-state index in [1.54, 1.807) is 11.0 Å². The summed E-state index contributed by atoms with van der Waals surface area (Å²) in [5.74, 6) is 0.108. The zero-order valence-corrected chi connectivity index (χ0v) is 13.9. The van der Waals surface area contributed by atoms with E-state index in [9.17, 15) is 4.79 Å². The van der Waals surface area contributed by atoms with Gasteiger partial charge in [-0.15, -0.1) is 0 Å². The third-order valence-electron chi connectivity index (χ3n) is 4.49. The largest absolute Gasteiger partial charge is 0.368 e. The van der Waals surface area contributed by atoms with Crippen LogP contribution >= 0.6 is 0 Å². The van der Waals surface area contributed by atoms with Crippen LogP contribution < -0.4 is 4.90 Å². The first-order valence-corrected chi connectivity index (χ1v) is 8.01. The molecule has 0 radical (unpaired) electrons. The fraction of sp³-hybridized carbons (Fsp3) is 0.471. The van der Waals surface area contributed by atoms with Gasteiger partial charge in [-0.3, -0.25) is 4.79 Å². The lowest BCUT2D eigenvalue weighted by molar-refractivity contribution is -0.134. The van der Waals surface area contributed by atoms with Crippen molar-refractivity contribution in [1.29, 1.82) is 0 Å². The molecule has 1 fully saturated rings. The summed E-state index contributed by atoms with van der Waals surface area (Å²) < 4.78 is 1.61. The Morgan fingerprint density at radius 3 is 2.57 bits per heavy atom. The van der Waals surface area contributed by atoms with Crippen molar-refractivity contribution >= 4 is 11.6 Å². The van der Waals surface area contributed by atoms with Gasteiger partial charge in [0.1, 0.15) is 18.7 Å². The Bertz CT molecular complexity index is 674. The fourth-order valence-electron chi connectivity index (χ4n) is 3.02. The molecule has 1 aliphatic rings. The molecule has 6 heteroatoms. The molecule has 1 aromatic heterocycles. The van der Waals surface area contributed by atoms with Gasteiger partial charge in [0, 0.05) is 31.9 Å². The molecule has 0 bridgehead atoms. The number of aryl methyl sites for hydroxylation is 2. The Morgan fingerprint density at radius 2 is 1.91 bits per heavy atom. The molecule has 2 aromatic rings. The lowest BCUT2D eigenvalue weighted by atomic mass is 10.1. The van der Waals surface area contributed by atoms with Crippen molar-refractivity contribution in [2.24, 2.45) is 0 Å². The van der Waals surface area contributed by atoms with Gasteiger partial charge in [-0.2, -0.15) is 5.10 Å². The number of carbonyl (C=O) groups is 1. The normalized spacial score (nSPS) is 16.5. The predicted octanol–water partition coefficient (Wildman–Crippen LogP) is 1.80. The van der Waals surface area contributed by atoms with Crippen LogP contribution in [0.15, 0.2) is 30.9 Å². The van der Waals surface area contributed by atoms with Crippen molar-refractivity contribution in [3.63, 3.8) is 0 Å². The predicted molar refractivity (Wildman–Crippen MR) is 89.4 cm³/mol. The first kappa shape index (κ1) is 15.5. The maximum absolute atomic E-state index is 12.6. The molecule has 1 unspecified atom stereocenters. The fourth-order valence-corrected chi connectivity index (χ4v) is 3.02. The van der Waals surface area contributed by atoms with E-state index in [0.717, 1.165) is 26.2 Å². The highest BCUT2D eigenvalue weighted by Gasteiger charge is 2.26. The van der Waals surface area contributed by atoms with Crippen LogP contribution in [0.5, 0.6) is 0 Å². The van der Waals surface area contributed by atoms with Gasteiger partial charge in [0.2, 0.25) is 5.91 Å². The minimum absolute atomic E-state index is 0.108. The molecule has 0 spiro atoms. The van der Waals surface area contributed by atoms with Crippen LogP contribution in [0.2, 0.25) is 0 Å². The Morgan fingerprint density at radius 1 is 1.17 bits per heavy atom. The van der Waals surface area contributed by atoms with E-state index >= 15 is 0 Å². The van der Waals surface area contributed by atoms with Crippen molar-refractivity contribution in [3.05, 3.63) is 42.0 Å². The van der Waals surface area contributed by atoms with Gasteiger partial charge >= 0.3 is 0 Å². The maximum Gasteiger partial charge on any atom is 0.247 e. The molecule has 0 saturated carbocycles. The minimum atomic E-state index is -0.301. The van der Waals surface area contributed by atoms with Crippen LogP contribution in [-0.2, 0) is 4.79 Å². The summed E-state index contributed by atoms with van der Waals surface area (Å²) in [6.45, 7) is 9.33. The van der Waals surface area contributed by atoms with E-state index in [0.29, 0.717) is 0 Å². The zero-order chi connectivity index (χ0) is 16.4. The molecular weight excluding hydrogens is 290 g/mol. The third kappa shape index (κ3) is 3.21. The quantitative estimate of drug-likeness (QED) is 0.867. The molecular formula is C17H23N5O. The Labute approximate surface area is 136 Å². The number of aromatic nitrogens is 3. The van der Waals surface area contributed by atoms with E-state index in [1.165, 1.54) is 23.1 Å². The van der Waals surface area contributed by atoms with Gasteiger partial charge in [-0.05, 0) is 38.0 Å². The first-order chi connectivity index (χ1) is 11.1. The van der Waals surface area contributed by atoms with Crippen molar-refractivity contribution in [3.8, 4) is 0 Å². The molecule has 1 aliphatic heterocycles. The Kier molecular flexibility index (Phi) is 4.32. The molecule has 1 aromatic carbocycles. The number of hydrogen-bond donors (Lipinski definition) is 0. The van der Waals surface area contributed by atoms with E-state index in [2.05, 4.69) is 47.0 Å². The molecule has 1 amide bonds. The molecule has 23 heavy (non-hydrogen) atoms. The molecule has 6 nitrogen and oxygen atoms in total. The Hall–Kier alpha value is -2.37. The monoisotopic (exact) mass is 313 g/mol. The average molecular weight is 313 g/mol. The van der Waals surface area contributed by atoms with Gasteiger partial charge in [0.05, 0.1) is 0 Å². The van der Waals surface area contributed by atoms with Crippen molar-refractivity contribution in [1.82, 2.24) is 19.7 Å². The summed E-state index contributed by atoms with van der Waals surface area (Å²) in [5.41, 5.74) is 3.83. The van der Waals surface area contributed by atoms with Crippen molar-refractivity contribution in [2.75, 3.05) is 31.1 Å². The minimum Gasteiger partial charge on any atom is -0.368 e. The molecule has 122 valence electrons. The highest BCUT2D eigenvalue weighted by molar-refractivity contribution is 5.80. The highest BCUT2D eigenvalue weighted by Crippen LogP contribution is 2.23. The van der Waals surface area contributed by atoms with Crippen molar-refractivity contribution < 1.29 is 4.79 Å². The second-order valence-electron chi connectivity index (χ2n) is 6.15. The van der Waals surface area contributed by atoms with Gasteiger partial charge in [-0.25, -0.2) is 9.67 Å². The van der Waals surface area contributed by atoms with E-state index in [-0.39, 0.29) is 11.9 Å². The lowest BCUT2D eigenvalue weighted by Gasteiger charge is -2.37. The number of hydrogen-bond acceptors (Lipinski definition) is 4. The highest BCUT2D eigenvalue weighted by atomic mass is 16.2. The average Bonchev–Trinajstić information content (AvgIpc) is 3.10. The summed E-state index contributed by atoms with van der Waals surface area (Å²) in [5, 5.41) is 4.06. The van der Waals surface area contributed by atoms with Crippen LogP contribution in [0.3, 0.4) is 0 Å². The van der Waals surface area contributed by atoms with Crippen LogP contribution in [0.1, 0.15) is 24.1 Å². The molecule has 0 N–H and O–H groups in total. The van der Waals surface area contributed by atoms with E-state index in [1.807, 2.05) is 11.8 Å². The van der Waals surface area contributed by atoms with Gasteiger partial charge in [0.15, 0.2) is 0 Å². The Balaban J connectivity index is 1.64. The van der Waals surface area contributed by atoms with Gasteiger partial charge < -0.3 is 9.80 Å². The maximum atomic E-state index is 12.6. The number of amides is 1. The van der Waals surface area contributed by atoms with Gasteiger partial charge in [0.25, 0.3) is 0 Å². The third-order valence-corrected chi connectivity index (χ3v) is 4.49. The number of rotatable bonds is 3. The lowest BCUT2D eigenvalue weighted by Crippen LogP contribution is -2.50. The smallest absolute Gasteiger partial charge is 0.247 e. The second kappa shape index (κ2) is 6.40. The summed E-state index contributed by atoms with van der Waals surface area (Å²) >= 11 is 0. The molecule has 3 rings (SSSR count). The molecule has 0 aliphatic carbocycles. The standard InChI is InChI=1S/C17H23N5O/c1-13-4-5-14(2)16(10-13)20-6-8-21(9-7-20)17(23)15(3)22-12-18-11-19-22/h4-5,10-12,15H,6-9H2,1-3H3. The molecule has 1 atom stereocenters. The summed E-state index contributed by atoms with van der Waals surface area (Å²) in [6.07, 6.45) is 3.05. The first-order valence-electron chi connectivity index (χ1n) is 8.01. The molecule has 2 heterocycles. The molecule has 1 saturated heterocycles. The van der Waals surface area contributed by atoms with Gasteiger partial charge in [-0.1, -0.05) is 12.1 Å². The number of piperazine rings is 1. The number of carbonyl (C=O) groups excluding carboxylic acids is 1. The SMILES string of the molecule is Cc1ccc(C)c(N2CCN(C(=O)C(C)n3cncn3)CC2)c1. The number of anilines is 1. The van der Waals surface area contributed by atoms with E-state index in [4.69, 9.17) is 0 Å². The van der Waals surface area contributed by atoms with Crippen LogP contribution in [0, 0.1) is 13.8 Å². The van der Waals surface area contributed by atoms with Crippen molar-refractivity contribution in [2.45, 2.75) is 26.8 Å². The zero-order valence-electron chi connectivity index (χ0n) is 13.9. The summed E-state index contributed by atoms with van der Waals surface area (Å²) in [4.78, 5) is 20.8. The second-order valence-corrected chi connectivity index (χ2v) is 6.15. The summed E-state index contributed by atoms with van der Waals surface area (Å²) in [6, 6.07) is 6.22. The van der Waals surface area contributed by atoms with Crippen LogP contribution in [0.25, 0.3) is 0 Å². The van der Waals surface area contributed by atoms with Crippen LogP contribution in [0.4, 0.5) is 5.69 Å². The topological polar surface area (TPSA) is 54.3 Å². The number of benzene rings is 1. The number of nitrogens with zero attached hydrogens (tertiary/aromatic N) is 5. The van der Waals surface area contributed by atoms with Crippen LogP contribution in [-0.4, -0.2) is 51.8 Å². The van der Waals surface area contributed by atoms with E-state index < -0.39 is 0 Å².